The number of nitrogens with zero attached hydrogens (tertiary/aromatic N) is 4. The lowest BCUT2D eigenvalue weighted by Crippen LogP contribution is -2.34. The Morgan fingerprint density at radius 1 is 1.35 bits per heavy atom. The summed E-state index contributed by atoms with van der Waals surface area (Å²) in [6.07, 6.45) is -1.59. The second kappa shape index (κ2) is 10.6. The Hall–Kier alpha value is -3.36. The molecule has 0 spiro atoms. The van der Waals surface area contributed by atoms with Crippen LogP contribution in [-0.2, 0) is 13.0 Å². The van der Waals surface area contributed by atoms with Crippen LogP contribution in [0.4, 0.5) is 36.6 Å². The van der Waals surface area contributed by atoms with Crippen molar-refractivity contribution in [3.05, 3.63) is 40.4 Å². The van der Waals surface area contributed by atoms with Crippen LogP contribution in [0, 0.1) is 5.41 Å². The van der Waals surface area contributed by atoms with Crippen LogP contribution in [-0.4, -0.2) is 57.2 Å². The Kier molecular flexibility index (Phi) is 8.05. The van der Waals surface area contributed by atoms with Crippen LogP contribution in [0.15, 0.2) is 18.5 Å². The summed E-state index contributed by atoms with van der Waals surface area (Å²) in [4.78, 5) is 18.5. The first kappa shape index (κ1) is 28.2. The number of pyridine rings is 1. The molecule has 8 nitrogen and oxygen atoms in total. The predicted octanol–water partition coefficient (Wildman–Crippen LogP) is 5.45. The molecule has 3 rings (SSSR count). The molecule has 202 valence electrons. The molecule has 2 heterocycles. The molecule has 0 unspecified atom stereocenters. The summed E-state index contributed by atoms with van der Waals surface area (Å²) in [7, 11) is 0.923. The predicted molar refractivity (Wildman–Crippen MR) is 119 cm³/mol. The van der Waals surface area contributed by atoms with Crippen molar-refractivity contribution >= 4 is 35.1 Å². The maximum absolute atomic E-state index is 13.9. The highest BCUT2D eigenvalue weighted by molar-refractivity contribution is 6.32. The van der Waals surface area contributed by atoms with Gasteiger partial charge in [-0.05, 0) is 25.8 Å². The molecule has 0 aliphatic heterocycles. The third-order valence-corrected chi connectivity index (χ3v) is 5.68. The van der Waals surface area contributed by atoms with Gasteiger partial charge in [-0.1, -0.05) is 11.6 Å². The number of amides is 1. The van der Waals surface area contributed by atoms with E-state index < -0.39 is 41.9 Å². The number of aromatic nitrogens is 3. The third-order valence-electron chi connectivity index (χ3n) is 5.38. The molecule has 37 heavy (non-hydrogen) atoms. The van der Waals surface area contributed by atoms with E-state index in [0.29, 0.717) is 11.2 Å². The number of aryl methyl sites for hydroxylation is 1. The molecular weight excluding hydrogens is 537 g/mol. The van der Waals surface area contributed by atoms with E-state index in [9.17, 15) is 35.5 Å². The Balaban J connectivity index is 2.00. The highest BCUT2D eigenvalue weighted by atomic mass is 35.5. The van der Waals surface area contributed by atoms with Gasteiger partial charge < -0.3 is 20.4 Å². The molecule has 1 aliphatic carbocycles. The molecule has 0 aromatic carbocycles. The van der Waals surface area contributed by atoms with E-state index in [-0.39, 0.29) is 27.9 Å². The minimum atomic E-state index is -6.14. The molecule has 1 saturated carbocycles. The van der Waals surface area contributed by atoms with E-state index in [1.165, 1.54) is 12.3 Å². The number of carbonyl (C=O) groups is 1. The number of rotatable bonds is 10. The quantitative estimate of drug-likeness (QED) is 0.230. The fraction of sp³-hybridized carbons (Fsp3) is 0.429. The highest BCUT2D eigenvalue weighted by Crippen LogP contribution is 2.49. The maximum atomic E-state index is 13.9. The van der Waals surface area contributed by atoms with Gasteiger partial charge in [-0.3, -0.25) is 4.79 Å². The van der Waals surface area contributed by atoms with Gasteiger partial charge >= 0.3 is 18.7 Å². The van der Waals surface area contributed by atoms with Gasteiger partial charge in [0.25, 0.3) is 5.91 Å². The molecule has 2 N–H and O–H groups in total. The number of allylic oxidation sites excluding steroid dienone is 1. The summed E-state index contributed by atoms with van der Waals surface area (Å²) in [6, 6.07) is 1.39. The van der Waals surface area contributed by atoms with Gasteiger partial charge in [-0.2, -0.15) is 35.8 Å². The number of alkyl halides is 7. The van der Waals surface area contributed by atoms with E-state index in [1.807, 2.05) is 0 Å². The Labute approximate surface area is 210 Å². The van der Waals surface area contributed by atoms with Crippen LogP contribution in [0.1, 0.15) is 41.4 Å². The minimum Gasteiger partial charge on any atom is -0.429 e. The Bertz CT molecular complexity index is 1210. The van der Waals surface area contributed by atoms with Crippen molar-refractivity contribution in [1.82, 2.24) is 19.7 Å². The average Bonchev–Trinajstić information content (AvgIpc) is 3.59. The standard InChI is InChI=1S/C21H20ClF7N6O2/c1-3-35(12-4-5-12)18(36)13-6-10(8-31-16(13)22)11(7-30)9-32-17-14(37-19(23)24)15(33-34(17)2)20(25,26)21(27,28)29/h6-9,12,19,30,32H,3-5H2,1-2H3/b11-9+,30-7?. The number of carbonyl (C=O) groups excluding carboxylic acids is 1. The van der Waals surface area contributed by atoms with E-state index in [0.717, 1.165) is 32.3 Å². The van der Waals surface area contributed by atoms with Crippen molar-refractivity contribution in [2.75, 3.05) is 11.9 Å². The van der Waals surface area contributed by atoms with Gasteiger partial charge in [-0.25, -0.2) is 9.67 Å². The minimum absolute atomic E-state index is 0.0232. The largest absolute Gasteiger partial charge is 0.459 e. The monoisotopic (exact) mass is 556 g/mol. The van der Waals surface area contributed by atoms with E-state index in [2.05, 4.69) is 20.1 Å². The van der Waals surface area contributed by atoms with E-state index in [1.54, 1.807) is 11.8 Å². The number of hydrogen-bond acceptors (Lipinski definition) is 6. The maximum Gasteiger partial charge on any atom is 0.459 e. The third kappa shape index (κ3) is 5.81. The molecule has 0 radical (unpaired) electrons. The molecule has 2 aromatic heterocycles. The van der Waals surface area contributed by atoms with Crippen LogP contribution >= 0.6 is 11.6 Å². The summed E-state index contributed by atoms with van der Waals surface area (Å²) in [5.74, 6) is -8.32. The summed E-state index contributed by atoms with van der Waals surface area (Å²) >= 11 is 6.10. The van der Waals surface area contributed by atoms with Crippen LogP contribution in [0.5, 0.6) is 5.75 Å². The van der Waals surface area contributed by atoms with Gasteiger partial charge in [0.15, 0.2) is 17.3 Å². The topological polar surface area (TPSA) is 96.1 Å². The fourth-order valence-electron chi connectivity index (χ4n) is 3.42. The average molecular weight is 557 g/mol. The molecule has 0 atom stereocenters. The van der Waals surface area contributed by atoms with Crippen LogP contribution in [0.25, 0.3) is 5.57 Å². The zero-order valence-electron chi connectivity index (χ0n) is 19.2. The smallest absolute Gasteiger partial charge is 0.429 e. The van der Waals surface area contributed by atoms with Gasteiger partial charge in [-0.15, -0.1) is 0 Å². The molecule has 16 heteroatoms. The number of ether oxygens (including phenoxy) is 1. The Morgan fingerprint density at radius 2 is 2.00 bits per heavy atom. The normalized spacial score (nSPS) is 14.6. The number of nitrogens with one attached hydrogen (secondary N) is 2. The lowest BCUT2D eigenvalue weighted by molar-refractivity contribution is -0.291. The fourth-order valence-corrected chi connectivity index (χ4v) is 3.61. The van der Waals surface area contributed by atoms with Crippen LogP contribution < -0.4 is 10.1 Å². The molecule has 0 bridgehead atoms. The van der Waals surface area contributed by atoms with Gasteiger partial charge in [0.2, 0.25) is 0 Å². The van der Waals surface area contributed by atoms with Crippen molar-refractivity contribution in [2.45, 2.75) is 44.5 Å². The molecule has 1 fully saturated rings. The first-order valence-corrected chi connectivity index (χ1v) is 11.0. The van der Waals surface area contributed by atoms with Crippen LogP contribution in [0.3, 0.4) is 0 Å². The first-order valence-electron chi connectivity index (χ1n) is 10.6. The number of anilines is 1. The SMILES string of the molecule is CCN(C(=O)c1cc(/C(C=N)=C/Nc2c(OC(F)F)c(C(F)(F)C(F)(F)F)nn2C)cnc1Cl)C1CC1. The molecule has 2 aromatic rings. The first-order chi connectivity index (χ1) is 17.2. The van der Waals surface area contributed by atoms with E-state index >= 15 is 0 Å². The second-order valence-corrected chi connectivity index (χ2v) is 8.23. The van der Waals surface area contributed by atoms with Crippen molar-refractivity contribution in [3.8, 4) is 5.75 Å². The summed E-state index contributed by atoms with van der Waals surface area (Å²) in [5, 5.41) is 12.9. The van der Waals surface area contributed by atoms with Gasteiger partial charge in [0.1, 0.15) is 5.15 Å². The van der Waals surface area contributed by atoms with E-state index in [4.69, 9.17) is 17.0 Å². The lowest BCUT2D eigenvalue weighted by atomic mass is 10.1. The number of hydrogen-bond donors (Lipinski definition) is 2. The van der Waals surface area contributed by atoms with Gasteiger partial charge in [0, 0.05) is 49.4 Å². The summed E-state index contributed by atoms with van der Waals surface area (Å²) in [5.41, 5.74) is -1.96. The van der Waals surface area contributed by atoms with Gasteiger partial charge in [0.05, 0.1) is 5.56 Å². The highest BCUT2D eigenvalue weighted by Gasteiger charge is 2.62. The van der Waals surface area contributed by atoms with Crippen molar-refractivity contribution < 1.29 is 40.3 Å². The molecular formula is C21H20ClF7N6O2. The van der Waals surface area contributed by atoms with Crippen molar-refractivity contribution in [3.63, 3.8) is 0 Å². The van der Waals surface area contributed by atoms with Crippen molar-refractivity contribution in [1.29, 1.82) is 5.41 Å². The molecule has 1 aliphatic rings. The van der Waals surface area contributed by atoms with Crippen LogP contribution in [0.2, 0.25) is 5.15 Å². The zero-order chi connectivity index (χ0) is 27.7. The van der Waals surface area contributed by atoms with Crippen molar-refractivity contribution in [2.24, 2.45) is 7.05 Å². The summed E-state index contributed by atoms with van der Waals surface area (Å²) < 4.78 is 96.8. The summed E-state index contributed by atoms with van der Waals surface area (Å²) in [6.45, 7) is -1.55. The molecule has 1 amide bonds. The lowest BCUT2D eigenvalue weighted by Gasteiger charge is -2.21. The number of halogens is 8. The zero-order valence-corrected chi connectivity index (χ0v) is 20.0. The Morgan fingerprint density at radius 3 is 2.51 bits per heavy atom. The second-order valence-electron chi connectivity index (χ2n) is 7.87. The molecule has 0 saturated heterocycles.